The molecule has 1 fully saturated rings. The minimum Gasteiger partial charge on any atom is -0.489 e. The van der Waals surface area contributed by atoms with Crippen molar-refractivity contribution < 1.29 is 4.74 Å². The Morgan fingerprint density at radius 1 is 1.35 bits per heavy atom. The molecule has 96 valence electrons. The van der Waals surface area contributed by atoms with Crippen LogP contribution in [0.4, 0.5) is 0 Å². The van der Waals surface area contributed by atoms with Gasteiger partial charge in [-0.15, -0.1) is 0 Å². The van der Waals surface area contributed by atoms with E-state index in [1.54, 1.807) is 0 Å². The Morgan fingerprint density at radius 3 is 2.47 bits per heavy atom. The van der Waals surface area contributed by atoms with E-state index in [1.807, 2.05) is 39.0 Å². The van der Waals surface area contributed by atoms with Crippen LogP contribution in [-0.2, 0) is 4.74 Å². The van der Waals surface area contributed by atoms with Crippen molar-refractivity contribution in [2.75, 3.05) is 26.2 Å². The standard InChI is InChI=1S/C14H24N2O/c1-5-7-14(17-12(3)4)13(6-2)16-10-8-15-9-11-16/h5-7,12,15H,2,8-11H2,1,3-4H3/b7-5-,14-13-. The third-order valence-electron chi connectivity index (χ3n) is 2.58. The van der Waals surface area contributed by atoms with E-state index < -0.39 is 0 Å². The monoisotopic (exact) mass is 236 g/mol. The van der Waals surface area contributed by atoms with Gasteiger partial charge in [0.1, 0.15) is 5.76 Å². The van der Waals surface area contributed by atoms with Gasteiger partial charge in [0, 0.05) is 26.2 Å². The molecule has 0 spiro atoms. The van der Waals surface area contributed by atoms with Crippen molar-refractivity contribution in [1.29, 1.82) is 0 Å². The van der Waals surface area contributed by atoms with E-state index in [0.29, 0.717) is 0 Å². The lowest BCUT2D eigenvalue weighted by Gasteiger charge is -2.31. The molecule has 3 nitrogen and oxygen atoms in total. The smallest absolute Gasteiger partial charge is 0.142 e. The molecule has 0 unspecified atom stereocenters. The van der Waals surface area contributed by atoms with E-state index in [2.05, 4.69) is 16.8 Å². The summed E-state index contributed by atoms with van der Waals surface area (Å²) in [5.41, 5.74) is 1.10. The summed E-state index contributed by atoms with van der Waals surface area (Å²) < 4.78 is 5.86. The number of piperazine rings is 1. The Labute approximate surface area is 105 Å². The van der Waals surface area contributed by atoms with Crippen LogP contribution in [0.15, 0.2) is 36.3 Å². The number of ether oxygens (including phenoxy) is 1. The molecule has 0 atom stereocenters. The summed E-state index contributed by atoms with van der Waals surface area (Å²) in [6.45, 7) is 14.0. The first-order valence-electron chi connectivity index (χ1n) is 6.30. The zero-order valence-corrected chi connectivity index (χ0v) is 11.2. The van der Waals surface area contributed by atoms with Crippen LogP contribution in [0.3, 0.4) is 0 Å². The van der Waals surface area contributed by atoms with Gasteiger partial charge in [-0.1, -0.05) is 12.7 Å². The summed E-state index contributed by atoms with van der Waals surface area (Å²) in [6, 6.07) is 0. The normalized spacial score (nSPS) is 18.5. The lowest BCUT2D eigenvalue weighted by molar-refractivity contribution is 0.146. The topological polar surface area (TPSA) is 24.5 Å². The van der Waals surface area contributed by atoms with Crippen molar-refractivity contribution in [3.63, 3.8) is 0 Å². The summed E-state index contributed by atoms with van der Waals surface area (Å²) in [5.74, 6) is 0.916. The molecular weight excluding hydrogens is 212 g/mol. The first-order chi connectivity index (χ1) is 8.19. The molecule has 0 aromatic heterocycles. The Bertz CT molecular complexity index is 299. The predicted octanol–water partition coefficient (Wildman–Crippen LogP) is 2.29. The zero-order valence-electron chi connectivity index (χ0n) is 11.2. The van der Waals surface area contributed by atoms with Crippen molar-refractivity contribution in [3.05, 3.63) is 36.3 Å². The molecular formula is C14H24N2O. The van der Waals surface area contributed by atoms with Gasteiger partial charge in [-0.25, -0.2) is 0 Å². The Kier molecular flexibility index (Phi) is 5.84. The van der Waals surface area contributed by atoms with Gasteiger partial charge in [0.2, 0.25) is 0 Å². The lowest BCUT2D eigenvalue weighted by atomic mass is 10.2. The van der Waals surface area contributed by atoms with Crippen LogP contribution in [0.2, 0.25) is 0 Å². The number of allylic oxidation sites excluding steroid dienone is 3. The van der Waals surface area contributed by atoms with Crippen LogP contribution in [0.5, 0.6) is 0 Å². The maximum Gasteiger partial charge on any atom is 0.142 e. The van der Waals surface area contributed by atoms with E-state index in [9.17, 15) is 0 Å². The highest BCUT2D eigenvalue weighted by atomic mass is 16.5. The van der Waals surface area contributed by atoms with Crippen LogP contribution >= 0.6 is 0 Å². The molecule has 1 aliphatic rings. The van der Waals surface area contributed by atoms with Gasteiger partial charge in [0.05, 0.1) is 11.8 Å². The van der Waals surface area contributed by atoms with Crippen molar-refractivity contribution in [1.82, 2.24) is 10.2 Å². The van der Waals surface area contributed by atoms with Gasteiger partial charge in [-0.05, 0) is 32.9 Å². The van der Waals surface area contributed by atoms with E-state index >= 15 is 0 Å². The van der Waals surface area contributed by atoms with Gasteiger partial charge in [0.25, 0.3) is 0 Å². The van der Waals surface area contributed by atoms with Gasteiger partial charge < -0.3 is 15.0 Å². The molecule has 1 rings (SSSR count). The van der Waals surface area contributed by atoms with Gasteiger partial charge in [0.15, 0.2) is 0 Å². The summed E-state index contributed by atoms with van der Waals surface area (Å²) in [7, 11) is 0. The van der Waals surface area contributed by atoms with Gasteiger partial charge in [-0.3, -0.25) is 0 Å². The lowest BCUT2D eigenvalue weighted by Crippen LogP contribution is -2.43. The third-order valence-corrected chi connectivity index (χ3v) is 2.58. The fourth-order valence-electron chi connectivity index (χ4n) is 1.88. The third kappa shape index (κ3) is 4.27. The van der Waals surface area contributed by atoms with Crippen molar-refractivity contribution >= 4 is 0 Å². The Hall–Kier alpha value is -1.22. The predicted molar refractivity (Wildman–Crippen MR) is 72.7 cm³/mol. The molecule has 0 aliphatic carbocycles. The SMILES string of the molecule is C=C/C(=C(\C=C/C)OC(C)C)N1CCNCC1. The fraction of sp³-hybridized carbons (Fsp3) is 0.571. The first kappa shape index (κ1) is 13.8. The molecule has 0 bridgehead atoms. The summed E-state index contributed by atoms with van der Waals surface area (Å²) in [5, 5.41) is 3.35. The largest absolute Gasteiger partial charge is 0.489 e. The number of nitrogens with zero attached hydrogens (tertiary/aromatic N) is 1. The van der Waals surface area contributed by atoms with Crippen molar-refractivity contribution in [3.8, 4) is 0 Å². The van der Waals surface area contributed by atoms with E-state index in [0.717, 1.165) is 37.6 Å². The van der Waals surface area contributed by atoms with Gasteiger partial charge >= 0.3 is 0 Å². The second-order valence-electron chi connectivity index (χ2n) is 4.36. The molecule has 17 heavy (non-hydrogen) atoms. The maximum atomic E-state index is 5.86. The highest BCUT2D eigenvalue weighted by molar-refractivity contribution is 5.27. The van der Waals surface area contributed by atoms with Crippen molar-refractivity contribution in [2.24, 2.45) is 0 Å². The van der Waals surface area contributed by atoms with Crippen LogP contribution < -0.4 is 5.32 Å². The van der Waals surface area contributed by atoms with Crippen molar-refractivity contribution in [2.45, 2.75) is 26.9 Å². The van der Waals surface area contributed by atoms with Gasteiger partial charge in [-0.2, -0.15) is 0 Å². The minimum atomic E-state index is 0.180. The molecule has 1 N–H and O–H groups in total. The average Bonchev–Trinajstić information content (AvgIpc) is 2.31. The quantitative estimate of drug-likeness (QED) is 0.585. The molecule has 0 saturated carbocycles. The summed E-state index contributed by atoms with van der Waals surface area (Å²) in [4.78, 5) is 2.32. The number of hydrogen-bond acceptors (Lipinski definition) is 3. The molecule has 1 aliphatic heterocycles. The second kappa shape index (κ2) is 7.17. The number of nitrogens with one attached hydrogen (secondary N) is 1. The van der Waals surface area contributed by atoms with E-state index in [1.165, 1.54) is 0 Å². The fourth-order valence-corrected chi connectivity index (χ4v) is 1.88. The molecule has 0 aromatic carbocycles. The van der Waals surface area contributed by atoms with E-state index in [-0.39, 0.29) is 6.10 Å². The Morgan fingerprint density at radius 2 is 2.00 bits per heavy atom. The molecule has 1 heterocycles. The highest BCUT2D eigenvalue weighted by Crippen LogP contribution is 2.17. The van der Waals surface area contributed by atoms with Crippen LogP contribution in [0, 0.1) is 0 Å². The Balaban J connectivity index is 2.92. The zero-order chi connectivity index (χ0) is 12.7. The van der Waals surface area contributed by atoms with E-state index in [4.69, 9.17) is 4.74 Å². The first-order valence-corrected chi connectivity index (χ1v) is 6.30. The number of hydrogen-bond donors (Lipinski definition) is 1. The molecule has 1 saturated heterocycles. The molecule has 0 radical (unpaired) electrons. The minimum absolute atomic E-state index is 0.180. The highest BCUT2D eigenvalue weighted by Gasteiger charge is 2.15. The van der Waals surface area contributed by atoms with Crippen LogP contribution in [0.25, 0.3) is 0 Å². The van der Waals surface area contributed by atoms with Crippen LogP contribution in [0.1, 0.15) is 20.8 Å². The summed E-state index contributed by atoms with van der Waals surface area (Å²) >= 11 is 0. The molecule has 0 aromatic rings. The maximum absolute atomic E-state index is 5.86. The summed E-state index contributed by atoms with van der Waals surface area (Å²) in [6.07, 6.45) is 6.09. The number of rotatable bonds is 5. The van der Waals surface area contributed by atoms with Crippen LogP contribution in [-0.4, -0.2) is 37.2 Å². The second-order valence-corrected chi connectivity index (χ2v) is 4.36. The average molecular weight is 236 g/mol. The molecule has 0 amide bonds. The molecule has 3 heteroatoms.